The van der Waals surface area contributed by atoms with Crippen LogP contribution in [0, 0.1) is 12.8 Å². The molecule has 2 fully saturated rings. The van der Waals surface area contributed by atoms with E-state index < -0.39 is 10.2 Å². The van der Waals surface area contributed by atoms with Gasteiger partial charge < -0.3 is 0 Å². The second-order valence-electron chi connectivity index (χ2n) is 7.20. The number of hydrogen-bond donors (Lipinski definition) is 0. The number of nitrogens with zero attached hydrogens (tertiary/aromatic N) is 2. The van der Waals surface area contributed by atoms with Crippen molar-refractivity contribution >= 4 is 10.2 Å². The molecule has 4 nitrogen and oxygen atoms in total. The standard InChI is InChI=1S/C20H24N2O2S/c1-16-7-9-17(10-8-16)13-19-11-12-22-20(19)15-21(25(22,23)24)14-18-5-3-2-4-6-18/h2-10,19-20H,11-15H2,1H3/t19-,20?/m1/s1. The van der Waals surface area contributed by atoms with Gasteiger partial charge in [-0.1, -0.05) is 60.2 Å². The van der Waals surface area contributed by atoms with Crippen LogP contribution in [-0.2, 0) is 23.2 Å². The van der Waals surface area contributed by atoms with Gasteiger partial charge in [-0.15, -0.1) is 0 Å². The second kappa shape index (κ2) is 6.56. The zero-order valence-electron chi connectivity index (χ0n) is 14.5. The second-order valence-corrected chi connectivity index (χ2v) is 9.08. The van der Waals surface area contributed by atoms with Crippen molar-refractivity contribution in [2.24, 2.45) is 5.92 Å². The molecule has 25 heavy (non-hydrogen) atoms. The molecular formula is C20H24N2O2S. The molecule has 0 N–H and O–H groups in total. The molecule has 2 heterocycles. The van der Waals surface area contributed by atoms with Crippen LogP contribution >= 0.6 is 0 Å². The van der Waals surface area contributed by atoms with Gasteiger partial charge in [-0.25, -0.2) is 0 Å². The average molecular weight is 356 g/mol. The zero-order valence-corrected chi connectivity index (χ0v) is 15.3. The summed E-state index contributed by atoms with van der Waals surface area (Å²) in [6.07, 6.45) is 1.91. The Labute approximate surface area is 150 Å². The molecule has 2 aromatic carbocycles. The molecule has 5 heteroatoms. The van der Waals surface area contributed by atoms with Gasteiger partial charge in [0.15, 0.2) is 0 Å². The molecule has 132 valence electrons. The summed E-state index contributed by atoms with van der Waals surface area (Å²) in [6, 6.07) is 18.6. The first-order chi connectivity index (χ1) is 12.0. The van der Waals surface area contributed by atoms with Gasteiger partial charge >= 0.3 is 0 Å². The minimum absolute atomic E-state index is 0.106. The number of benzene rings is 2. The van der Waals surface area contributed by atoms with E-state index in [0.29, 0.717) is 25.6 Å². The van der Waals surface area contributed by atoms with Crippen molar-refractivity contribution in [2.45, 2.75) is 32.4 Å². The largest absolute Gasteiger partial charge is 0.282 e. The Morgan fingerprint density at radius 3 is 2.44 bits per heavy atom. The van der Waals surface area contributed by atoms with E-state index in [4.69, 9.17) is 0 Å². The molecule has 2 aromatic rings. The van der Waals surface area contributed by atoms with Gasteiger partial charge in [0.05, 0.1) is 0 Å². The van der Waals surface area contributed by atoms with Gasteiger partial charge in [0.2, 0.25) is 0 Å². The van der Waals surface area contributed by atoms with Crippen LogP contribution < -0.4 is 0 Å². The van der Waals surface area contributed by atoms with E-state index in [1.165, 1.54) is 11.1 Å². The molecule has 0 aromatic heterocycles. The van der Waals surface area contributed by atoms with Crippen LogP contribution in [0.5, 0.6) is 0 Å². The predicted octanol–water partition coefficient (Wildman–Crippen LogP) is 2.99. The van der Waals surface area contributed by atoms with Gasteiger partial charge in [0.1, 0.15) is 0 Å². The lowest BCUT2D eigenvalue weighted by Gasteiger charge is -2.18. The lowest BCUT2D eigenvalue weighted by Crippen LogP contribution is -2.33. The van der Waals surface area contributed by atoms with E-state index in [0.717, 1.165) is 18.4 Å². The maximum absolute atomic E-state index is 12.9. The smallest absolute Gasteiger partial charge is 0.195 e. The van der Waals surface area contributed by atoms with Crippen molar-refractivity contribution in [1.29, 1.82) is 0 Å². The number of rotatable bonds is 4. The molecular weight excluding hydrogens is 332 g/mol. The Morgan fingerprint density at radius 1 is 1.00 bits per heavy atom. The molecule has 2 aliphatic heterocycles. The third-order valence-electron chi connectivity index (χ3n) is 5.47. The quantitative estimate of drug-likeness (QED) is 0.845. The number of hydrogen-bond acceptors (Lipinski definition) is 2. The topological polar surface area (TPSA) is 40.6 Å². The molecule has 0 bridgehead atoms. The first-order valence-electron chi connectivity index (χ1n) is 8.90. The molecule has 2 saturated heterocycles. The van der Waals surface area contributed by atoms with E-state index in [1.54, 1.807) is 8.61 Å². The van der Waals surface area contributed by atoms with Gasteiger partial charge in [-0.05, 0) is 36.8 Å². The molecule has 0 aliphatic carbocycles. The van der Waals surface area contributed by atoms with Crippen molar-refractivity contribution in [3.8, 4) is 0 Å². The normalized spacial score (nSPS) is 26.0. The predicted molar refractivity (Wildman–Crippen MR) is 99.3 cm³/mol. The van der Waals surface area contributed by atoms with Gasteiger partial charge in [0.25, 0.3) is 10.2 Å². The Kier molecular flexibility index (Phi) is 4.40. The Hall–Kier alpha value is -1.69. The van der Waals surface area contributed by atoms with Crippen LogP contribution in [0.2, 0.25) is 0 Å². The summed E-state index contributed by atoms with van der Waals surface area (Å²) >= 11 is 0. The van der Waals surface area contributed by atoms with Crippen molar-refractivity contribution in [3.63, 3.8) is 0 Å². The van der Waals surface area contributed by atoms with Gasteiger partial charge in [-0.3, -0.25) is 0 Å². The van der Waals surface area contributed by atoms with Gasteiger partial charge in [-0.2, -0.15) is 17.0 Å². The summed E-state index contributed by atoms with van der Waals surface area (Å²) in [5.74, 6) is 0.401. The lowest BCUT2D eigenvalue weighted by molar-refractivity contribution is 0.339. The average Bonchev–Trinajstić information content (AvgIpc) is 3.10. The minimum atomic E-state index is -3.33. The van der Waals surface area contributed by atoms with E-state index in [-0.39, 0.29) is 6.04 Å². The highest BCUT2D eigenvalue weighted by molar-refractivity contribution is 7.87. The fourth-order valence-corrected chi connectivity index (χ4v) is 5.93. The van der Waals surface area contributed by atoms with Crippen molar-refractivity contribution in [2.75, 3.05) is 13.1 Å². The van der Waals surface area contributed by atoms with E-state index in [9.17, 15) is 8.42 Å². The third-order valence-corrected chi connectivity index (χ3v) is 7.44. The Balaban J connectivity index is 1.50. The summed E-state index contributed by atoms with van der Waals surface area (Å²) in [5, 5.41) is 0. The van der Waals surface area contributed by atoms with Gasteiger partial charge in [0, 0.05) is 25.7 Å². The Morgan fingerprint density at radius 2 is 1.72 bits per heavy atom. The summed E-state index contributed by atoms with van der Waals surface area (Å²) in [7, 11) is -3.33. The first-order valence-corrected chi connectivity index (χ1v) is 10.3. The summed E-state index contributed by atoms with van der Waals surface area (Å²) in [6.45, 7) is 3.81. The zero-order chi connectivity index (χ0) is 17.4. The highest BCUT2D eigenvalue weighted by atomic mass is 32.2. The third kappa shape index (κ3) is 3.24. The van der Waals surface area contributed by atoms with Crippen molar-refractivity contribution in [3.05, 3.63) is 71.3 Å². The molecule has 0 amide bonds. The van der Waals surface area contributed by atoms with Crippen molar-refractivity contribution < 1.29 is 8.42 Å². The van der Waals surface area contributed by atoms with Crippen LogP contribution in [0.25, 0.3) is 0 Å². The highest BCUT2D eigenvalue weighted by Gasteiger charge is 2.50. The SMILES string of the molecule is Cc1ccc(C[C@H]2CCN3C2CN(Cc2ccccc2)S3(=O)=O)cc1. The molecule has 0 spiro atoms. The van der Waals surface area contributed by atoms with Crippen LogP contribution in [0.1, 0.15) is 23.1 Å². The van der Waals surface area contributed by atoms with Crippen LogP contribution in [0.3, 0.4) is 0 Å². The van der Waals surface area contributed by atoms with E-state index in [1.807, 2.05) is 30.3 Å². The fourth-order valence-electron chi connectivity index (χ4n) is 4.06. The van der Waals surface area contributed by atoms with Crippen LogP contribution in [0.15, 0.2) is 54.6 Å². The maximum Gasteiger partial charge on any atom is 0.282 e. The molecule has 4 rings (SSSR count). The molecule has 0 saturated carbocycles. The molecule has 2 aliphatic rings. The highest BCUT2D eigenvalue weighted by Crippen LogP contribution is 2.37. The summed E-state index contributed by atoms with van der Waals surface area (Å²) in [4.78, 5) is 0. The summed E-state index contributed by atoms with van der Waals surface area (Å²) < 4.78 is 29.1. The van der Waals surface area contributed by atoms with Crippen molar-refractivity contribution in [1.82, 2.24) is 8.61 Å². The van der Waals surface area contributed by atoms with Crippen LogP contribution in [-0.4, -0.2) is 36.2 Å². The minimum Gasteiger partial charge on any atom is -0.195 e. The lowest BCUT2D eigenvalue weighted by atomic mass is 9.92. The maximum atomic E-state index is 12.9. The van der Waals surface area contributed by atoms with E-state index >= 15 is 0 Å². The number of fused-ring (bicyclic) bond motifs is 1. The summed E-state index contributed by atoms with van der Waals surface area (Å²) in [5.41, 5.74) is 3.60. The van der Waals surface area contributed by atoms with Crippen LogP contribution in [0.4, 0.5) is 0 Å². The number of aryl methyl sites for hydroxylation is 1. The van der Waals surface area contributed by atoms with E-state index in [2.05, 4.69) is 31.2 Å². The first kappa shape index (κ1) is 16.8. The molecule has 1 unspecified atom stereocenters. The molecule has 0 radical (unpaired) electrons. The monoisotopic (exact) mass is 356 g/mol. The molecule has 2 atom stereocenters. The Bertz CT molecular complexity index is 834. The fraction of sp³-hybridized carbons (Fsp3) is 0.400.